The lowest BCUT2D eigenvalue weighted by molar-refractivity contribution is 0.405. The van der Waals surface area contributed by atoms with Gasteiger partial charge in [0.25, 0.3) is 0 Å². The molecule has 0 saturated carbocycles. The average molecular weight is 295 g/mol. The molecule has 1 aromatic heterocycles. The molecule has 3 nitrogen and oxygen atoms in total. The van der Waals surface area contributed by atoms with Crippen molar-refractivity contribution in [2.24, 2.45) is 5.73 Å². The fourth-order valence-electron chi connectivity index (χ4n) is 1.79. The van der Waals surface area contributed by atoms with E-state index < -0.39 is 0 Å². The van der Waals surface area contributed by atoms with Gasteiger partial charge >= 0.3 is 0 Å². The number of pyridine rings is 1. The van der Waals surface area contributed by atoms with E-state index in [1.165, 1.54) is 11.8 Å². The summed E-state index contributed by atoms with van der Waals surface area (Å²) in [7, 11) is 1.64. The van der Waals surface area contributed by atoms with Crippen molar-refractivity contribution in [3.63, 3.8) is 0 Å². The average Bonchev–Trinajstić information content (AvgIpc) is 2.40. The van der Waals surface area contributed by atoms with Crippen molar-refractivity contribution in [2.75, 3.05) is 7.11 Å². The molecule has 0 radical (unpaired) electrons. The minimum atomic E-state index is -0.124. The Kier molecular flexibility index (Phi) is 4.69. The SMILES string of the molecule is COc1cccc(Sc2ncccc2Cl)c1[C@H](C)N. The number of nitrogens with zero attached hydrogens (tertiary/aromatic N) is 1. The van der Waals surface area contributed by atoms with Crippen LogP contribution in [0, 0.1) is 0 Å². The van der Waals surface area contributed by atoms with Crippen molar-refractivity contribution in [3.8, 4) is 5.75 Å². The zero-order valence-corrected chi connectivity index (χ0v) is 12.3. The molecule has 0 fully saturated rings. The van der Waals surface area contributed by atoms with Gasteiger partial charge in [-0.3, -0.25) is 0 Å². The molecule has 5 heteroatoms. The Morgan fingerprint density at radius 2 is 2.11 bits per heavy atom. The Morgan fingerprint density at radius 1 is 1.32 bits per heavy atom. The topological polar surface area (TPSA) is 48.1 Å². The zero-order chi connectivity index (χ0) is 13.8. The minimum absolute atomic E-state index is 0.124. The van der Waals surface area contributed by atoms with Gasteiger partial charge in [-0.05, 0) is 31.2 Å². The van der Waals surface area contributed by atoms with Gasteiger partial charge in [-0.1, -0.05) is 29.4 Å². The van der Waals surface area contributed by atoms with Crippen LogP contribution in [-0.4, -0.2) is 12.1 Å². The number of ether oxygens (including phenoxy) is 1. The first-order chi connectivity index (χ1) is 9.13. The molecular weight excluding hydrogens is 280 g/mol. The number of rotatable bonds is 4. The van der Waals surface area contributed by atoms with Crippen molar-refractivity contribution >= 4 is 23.4 Å². The molecule has 1 aromatic carbocycles. The van der Waals surface area contributed by atoms with Gasteiger partial charge in [-0.25, -0.2) is 4.98 Å². The van der Waals surface area contributed by atoms with Crippen LogP contribution >= 0.6 is 23.4 Å². The molecule has 100 valence electrons. The summed E-state index contributed by atoms with van der Waals surface area (Å²) in [5.74, 6) is 0.784. The van der Waals surface area contributed by atoms with Gasteiger partial charge in [0.1, 0.15) is 10.8 Å². The molecule has 0 spiro atoms. The number of methoxy groups -OCH3 is 1. The summed E-state index contributed by atoms with van der Waals surface area (Å²) >= 11 is 7.63. The van der Waals surface area contributed by atoms with Crippen LogP contribution in [0.4, 0.5) is 0 Å². The monoisotopic (exact) mass is 294 g/mol. The second kappa shape index (κ2) is 6.28. The van der Waals surface area contributed by atoms with Crippen molar-refractivity contribution in [3.05, 3.63) is 47.1 Å². The summed E-state index contributed by atoms with van der Waals surface area (Å²) in [6.45, 7) is 1.93. The smallest absolute Gasteiger partial charge is 0.124 e. The van der Waals surface area contributed by atoms with E-state index in [4.69, 9.17) is 22.1 Å². The van der Waals surface area contributed by atoms with Gasteiger partial charge in [0.15, 0.2) is 0 Å². The molecule has 2 N–H and O–H groups in total. The molecule has 2 rings (SSSR count). The van der Waals surface area contributed by atoms with E-state index in [0.717, 1.165) is 21.2 Å². The highest BCUT2D eigenvalue weighted by molar-refractivity contribution is 7.99. The lowest BCUT2D eigenvalue weighted by Gasteiger charge is -2.16. The first-order valence-electron chi connectivity index (χ1n) is 5.84. The molecule has 1 atom stereocenters. The minimum Gasteiger partial charge on any atom is -0.496 e. The van der Waals surface area contributed by atoms with Gasteiger partial charge in [-0.15, -0.1) is 0 Å². The molecule has 0 unspecified atom stereocenters. The van der Waals surface area contributed by atoms with Gasteiger partial charge in [0.05, 0.1) is 12.1 Å². The van der Waals surface area contributed by atoms with Crippen LogP contribution in [-0.2, 0) is 0 Å². The Balaban J connectivity index is 2.43. The highest BCUT2D eigenvalue weighted by atomic mass is 35.5. The Bertz CT molecular complexity index is 575. The van der Waals surface area contributed by atoms with Crippen LogP contribution in [0.2, 0.25) is 5.02 Å². The van der Waals surface area contributed by atoms with Crippen LogP contribution in [0.3, 0.4) is 0 Å². The van der Waals surface area contributed by atoms with E-state index in [-0.39, 0.29) is 6.04 Å². The predicted molar refractivity (Wildman–Crippen MR) is 79.0 cm³/mol. The largest absolute Gasteiger partial charge is 0.496 e. The maximum Gasteiger partial charge on any atom is 0.124 e. The van der Waals surface area contributed by atoms with Crippen LogP contribution in [0.1, 0.15) is 18.5 Å². The van der Waals surface area contributed by atoms with Crippen molar-refractivity contribution in [1.29, 1.82) is 0 Å². The first-order valence-corrected chi connectivity index (χ1v) is 7.03. The standard InChI is InChI=1S/C14H15ClN2OS/c1-9(16)13-11(18-2)6-3-7-12(13)19-14-10(15)5-4-8-17-14/h3-9H,16H2,1-2H3/t9-/m0/s1. The molecule has 0 aliphatic heterocycles. The van der Waals surface area contributed by atoms with E-state index >= 15 is 0 Å². The fraction of sp³-hybridized carbons (Fsp3) is 0.214. The van der Waals surface area contributed by atoms with Crippen LogP contribution < -0.4 is 10.5 Å². The molecule has 0 aliphatic rings. The summed E-state index contributed by atoms with van der Waals surface area (Å²) in [5, 5.41) is 1.39. The van der Waals surface area contributed by atoms with Crippen molar-refractivity contribution in [2.45, 2.75) is 22.9 Å². The molecule has 0 saturated heterocycles. The number of hydrogen-bond acceptors (Lipinski definition) is 4. The maximum absolute atomic E-state index is 6.13. The van der Waals surface area contributed by atoms with Gasteiger partial charge in [0, 0.05) is 22.7 Å². The fourth-order valence-corrected chi connectivity index (χ4v) is 3.06. The first kappa shape index (κ1) is 14.2. The Hall–Kier alpha value is -1.23. The van der Waals surface area contributed by atoms with Crippen molar-refractivity contribution in [1.82, 2.24) is 4.98 Å². The number of benzene rings is 1. The third-order valence-electron chi connectivity index (χ3n) is 2.63. The van der Waals surface area contributed by atoms with E-state index in [9.17, 15) is 0 Å². The number of halogens is 1. The molecule has 0 amide bonds. The van der Waals surface area contributed by atoms with E-state index in [0.29, 0.717) is 5.02 Å². The summed E-state index contributed by atoms with van der Waals surface area (Å²) in [5.41, 5.74) is 7.01. The number of nitrogens with two attached hydrogens (primary N) is 1. The molecule has 0 bridgehead atoms. The second-order valence-corrected chi connectivity index (χ2v) is 5.49. The normalized spacial score (nSPS) is 12.2. The third kappa shape index (κ3) is 3.21. The number of aromatic nitrogens is 1. The molecule has 19 heavy (non-hydrogen) atoms. The van der Waals surface area contributed by atoms with E-state index in [1.807, 2.05) is 37.3 Å². The highest BCUT2D eigenvalue weighted by Crippen LogP contribution is 2.38. The molecular formula is C14H15ClN2OS. The van der Waals surface area contributed by atoms with Gasteiger partial charge < -0.3 is 10.5 Å². The number of hydrogen-bond donors (Lipinski definition) is 1. The maximum atomic E-state index is 6.13. The van der Waals surface area contributed by atoms with Crippen LogP contribution in [0.15, 0.2) is 46.5 Å². The van der Waals surface area contributed by atoms with E-state index in [1.54, 1.807) is 13.3 Å². The predicted octanol–water partition coefficient (Wildman–Crippen LogP) is 3.91. The zero-order valence-electron chi connectivity index (χ0n) is 10.8. The van der Waals surface area contributed by atoms with Gasteiger partial charge in [0.2, 0.25) is 0 Å². The van der Waals surface area contributed by atoms with Crippen LogP contribution in [0.5, 0.6) is 5.75 Å². The summed E-state index contributed by atoms with van der Waals surface area (Å²) < 4.78 is 5.37. The van der Waals surface area contributed by atoms with E-state index in [2.05, 4.69) is 4.98 Å². The highest BCUT2D eigenvalue weighted by Gasteiger charge is 2.15. The summed E-state index contributed by atoms with van der Waals surface area (Å²) in [6.07, 6.45) is 1.72. The molecule has 2 aromatic rings. The second-order valence-electron chi connectivity index (χ2n) is 4.05. The third-order valence-corrected chi connectivity index (χ3v) is 4.14. The van der Waals surface area contributed by atoms with Gasteiger partial charge in [-0.2, -0.15) is 0 Å². The van der Waals surface area contributed by atoms with Crippen LogP contribution in [0.25, 0.3) is 0 Å². The Labute approximate surface area is 122 Å². The molecule has 0 aliphatic carbocycles. The summed E-state index contributed by atoms with van der Waals surface area (Å²) in [6, 6.07) is 9.34. The molecule has 1 heterocycles. The Morgan fingerprint density at radius 3 is 2.74 bits per heavy atom. The van der Waals surface area contributed by atoms with Crippen molar-refractivity contribution < 1.29 is 4.74 Å². The lowest BCUT2D eigenvalue weighted by atomic mass is 10.1. The lowest BCUT2D eigenvalue weighted by Crippen LogP contribution is -2.08. The summed E-state index contributed by atoms with van der Waals surface area (Å²) in [4.78, 5) is 5.29. The quantitative estimate of drug-likeness (QED) is 0.928.